The summed E-state index contributed by atoms with van der Waals surface area (Å²) in [6, 6.07) is 3.03. The monoisotopic (exact) mass is 302 g/mol. The second-order valence-electron chi connectivity index (χ2n) is 5.12. The summed E-state index contributed by atoms with van der Waals surface area (Å²) in [6.07, 6.45) is 0.339. The van der Waals surface area contributed by atoms with E-state index in [-0.39, 0.29) is 23.4 Å². The molecule has 0 aliphatic heterocycles. The molecule has 0 spiro atoms. The van der Waals surface area contributed by atoms with Gasteiger partial charge in [-0.25, -0.2) is 4.39 Å². The van der Waals surface area contributed by atoms with Gasteiger partial charge in [0, 0.05) is 17.5 Å². The van der Waals surface area contributed by atoms with Gasteiger partial charge in [0.1, 0.15) is 5.82 Å². The quantitative estimate of drug-likeness (QED) is 0.736. The lowest BCUT2D eigenvalue weighted by molar-refractivity contribution is -0.0510. The van der Waals surface area contributed by atoms with Crippen LogP contribution in [-0.2, 0) is 0 Å². The van der Waals surface area contributed by atoms with E-state index in [4.69, 9.17) is 5.73 Å². The number of nitrogen functional groups attached to an aromatic ring is 1. The molecule has 1 aromatic carbocycles. The second-order valence-corrected chi connectivity index (χ2v) is 5.98. The first-order valence-electron chi connectivity index (χ1n) is 5.51. The maximum atomic E-state index is 13.4. The third kappa shape index (κ3) is 2.13. The first-order chi connectivity index (χ1) is 7.82. The first kappa shape index (κ1) is 12.6. The molecule has 1 aromatic rings. The van der Waals surface area contributed by atoms with E-state index in [0.29, 0.717) is 22.3 Å². The van der Waals surface area contributed by atoms with Gasteiger partial charge in [-0.3, -0.25) is 0 Å². The van der Waals surface area contributed by atoms with Crippen molar-refractivity contribution in [1.82, 2.24) is 0 Å². The van der Waals surface area contributed by atoms with Gasteiger partial charge in [0.25, 0.3) is 0 Å². The molecule has 2 atom stereocenters. The van der Waals surface area contributed by atoms with E-state index in [2.05, 4.69) is 21.2 Å². The molecule has 3 nitrogen and oxygen atoms in total. The average molecular weight is 303 g/mol. The number of hydrogen-bond acceptors (Lipinski definition) is 3. The lowest BCUT2D eigenvalue weighted by Gasteiger charge is -2.50. The molecule has 17 heavy (non-hydrogen) atoms. The van der Waals surface area contributed by atoms with E-state index in [1.807, 2.05) is 13.8 Å². The molecular formula is C12H16BrFN2O. The Labute approximate surface area is 108 Å². The Balaban J connectivity index is 2.18. The molecular weight excluding hydrogens is 287 g/mol. The summed E-state index contributed by atoms with van der Waals surface area (Å²) in [5.41, 5.74) is 6.68. The lowest BCUT2D eigenvalue weighted by atomic mass is 9.64. The van der Waals surface area contributed by atoms with Crippen LogP contribution >= 0.6 is 15.9 Å². The van der Waals surface area contributed by atoms with Crippen LogP contribution in [0.25, 0.3) is 0 Å². The maximum absolute atomic E-state index is 13.4. The van der Waals surface area contributed by atoms with Crippen molar-refractivity contribution in [2.75, 3.05) is 11.1 Å². The summed E-state index contributed by atoms with van der Waals surface area (Å²) in [4.78, 5) is 0. The maximum Gasteiger partial charge on any atom is 0.139 e. The normalized spacial score (nSPS) is 26.4. The molecule has 0 amide bonds. The zero-order valence-electron chi connectivity index (χ0n) is 9.80. The van der Waals surface area contributed by atoms with E-state index in [1.54, 1.807) is 6.07 Å². The highest BCUT2D eigenvalue weighted by molar-refractivity contribution is 9.10. The second kappa shape index (κ2) is 4.14. The van der Waals surface area contributed by atoms with Crippen LogP contribution in [0.5, 0.6) is 0 Å². The van der Waals surface area contributed by atoms with Gasteiger partial charge in [0.05, 0.1) is 22.0 Å². The molecule has 0 radical (unpaired) electrons. The fraction of sp³-hybridized carbons (Fsp3) is 0.500. The first-order valence-corrected chi connectivity index (χ1v) is 6.31. The SMILES string of the molecule is CC1(C)C(O)CC1Nc1cc(F)c(Br)cc1N. The number of halogens is 2. The van der Waals surface area contributed by atoms with Crippen molar-refractivity contribution in [2.24, 2.45) is 5.41 Å². The molecule has 1 aliphatic rings. The smallest absolute Gasteiger partial charge is 0.139 e. The van der Waals surface area contributed by atoms with Crippen molar-refractivity contribution in [1.29, 1.82) is 0 Å². The zero-order valence-corrected chi connectivity index (χ0v) is 11.4. The molecule has 1 fully saturated rings. The van der Waals surface area contributed by atoms with Crippen LogP contribution in [0.15, 0.2) is 16.6 Å². The molecule has 1 saturated carbocycles. The van der Waals surface area contributed by atoms with Crippen molar-refractivity contribution >= 4 is 27.3 Å². The van der Waals surface area contributed by atoms with Gasteiger partial charge < -0.3 is 16.2 Å². The van der Waals surface area contributed by atoms with Crippen LogP contribution < -0.4 is 11.1 Å². The zero-order chi connectivity index (χ0) is 12.8. The van der Waals surface area contributed by atoms with Crippen LogP contribution in [0.3, 0.4) is 0 Å². The number of aliphatic hydroxyl groups excluding tert-OH is 1. The molecule has 0 aromatic heterocycles. The Morgan fingerprint density at radius 1 is 1.53 bits per heavy atom. The van der Waals surface area contributed by atoms with Crippen LogP contribution in [0.2, 0.25) is 0 Å². The van der Waals surface area contributed by atoms with Gasteiger partial charge in [0.15, 0.2) is 0 Å². The Kier molecular flexibility index (Phi) is 3.08. The van der Waals surface area contributed by atoms with E-state index in [9.17, 15) is 9.50 Å². The van der Waals surface area contributed by atoms with Crippen molar-refractivity contribution in [2.45, 2.75) is 32.4 Å². The third-order valence-corrected chi connectivity index (χ3v) is 4.25. The summed E-state index contributed by atoms with van der Waals surface area (Å²) in [7, 11) is 0. The number of hydrogen-bond donors (Lipinski definition) is 3. The molecule has 1 aliphatic carbocycles. The summed E-state index contributed by atoms with van der Waals surface area (Å²) in [6.45, 7) is 3.95. The Morgan fingerprint density at radius 2 is 2.18 bits per heavy atom. The number of anilines is 2. The van der Waals surface area contributed by atoms with Crippen LogP contribution in [-0.4, -0.2) is 17.3 Å². The van der Waals surface area contributed by atoms with E-state index in [0.717, 1.165) is 0 Å². The topological polar surface area (TPSA) is 58.3 Å². The summed E-state index contributed by atoms with van der Waals surface area (Å²) < 4.78 is 13.8. The lowest BCUT2D eigenvalue weighted by Crippen LogP contribution is -2.56. The number of nitrogens with two attached hydrogens (primary N) is 1. The molecule has 94 valence electrons. The van der Waals surface area contributed by atoms with Gasteiger partial charge in [0.2, 0.25) is 0 Å². The minimum absolute atomic E-state index is 0.111. The molecule has 2 rings (SSSR count). The summed E-state index contributed by atoms with van der Waals surface area (Å²) >= 11 is 3.09. The van der Waals surface area contributed by atoms with Crippen molar-refractivity contribution in [3.8, 4) is 0 Å². The molecule has 0 saturated heterocycles. The molecule has 5 heteroatoms. The van der Waals surface area contributed by atoms with Gasteiger partial charge in [-0.2, -0.15) is 0 Å². The van der Waals surface area contributed by atoms with Crippen molar-refractivity contribution in [3.05, 3.63) is 22.4 Å². The van der Waals surface area contributed by atoms with Gasteiger partial charge in [-0.15, -0.1) is 0 Å². The number of aliphatic hydroxyl groups is 1. The standard InChI is InChI=1S/C12H16BrFN2O/c1-12(2)10(5-11(12)17)16-9-4-7(14)6(13)3-8(9)15/h3-4,10-11,16-17H,5,15H2,1-2H3. The summed E-state index contributed by atoms with van der Waals surface area (Å²) in [5.74, 6) is -0.348. The van der Waals surface area contributed by atoms with Gasteiger partial charge in [-0.1, -0.05) is 13.8 Å². The number of nitrogens with one attached hydrogen (secondary N) is 1. The fourth-order valence-electron chi connectivity index (χ4n) is 2.02. The highest BCUT2D eigenvalue weighted by atomic mass is 79.9. The van der Waals surface area contributed by atoms with E-state index >= 15 is 0 Å². The predicted molar refractivity (Wildman–Crippen MR) is 70.3 cm³/mol. The third-order valence-electron chi connectivity index (χ3n) is 3.64. The minimum Gasteiger partial charge on any atom is -0.397 e. The van der Waals surface area contributed by atoms with Gasteiger partial charge >= 0.3 is 0 Å². The molecule has 4 N–H and O–H groups in total. The number of rotatable bonds is 2. The van der Waals surface area contributed by atoms with E-state index < -0.39 is 0 Å². The van der Waals surface area contributed by atoms with Crippen molar-refractivity contribution in [3.63, 3.8) is 0 Å². The molecule has 0 bridgehead atoms. The Morgan fingerprint density at radius 3 is 2.71 bits per heavy atom. The van der Waals surface area contributed by atoms with Crippen LogP contribution in [0.4, 0.5) is 15.8 Å². The fourth-order valence-corrected chi connectivity index (χ4v) is 2.38. The van der Waals surface area contributed by atoms with E-state index in [1.165, 1.54) is 6.07 Å². The predicted octanol–water partition coefficient (Wildman–Crippen LogP) is 2.74. The highest BCUT2D eigenvalue weighted by Gasteiger charge is 2.47. The molecule has 2 unspecified atom stereocenters. The largest absolute Gasteiger partial charge is 0.397 e. The van der Waals surface area contributed by atoms with Crippen LogP contribution in [0, 0.1) is 11.2 Å². The van der Waals surface area contributed by atoms with Crippen molar-refractivity contribution < 1.29 is 9.50 Å². The molecule has 0 heterocycles. The minimum atomic E-state index is -0.348. The number of benzene rings is 1. The van der Waals surface area contributed by atoms with Crippen LogP contribution in [0.1, 0.15) is 20.3 Å². The Hall–Kier alpha value is -0.810. The van der Waals surface area contributed by atoms with Gasteiger partial charge in [-0.05, 0) is 28.4 Å². The Bertz CT molecular complexity index is 450. The average Bonchev–Trinajstić information content (AvgIpc) is 2.25. The highest BCUT2D eigenvalue weighted by Crippen LogP contribution is 2.43. The summed E-state index contributed by atoms with van der Waals surface area (Å²) in [5, 5.41) is 12.8.